The molecule has 0 aromatic carbocycles. The molecule has 1 N–H and O–H groups in total. The molecule has 0 amide bonds. The van der Waals surface area contributed by atoms with Crippen LogP contribution >= 0.6 is 0 Å². The van der Waals surface area contributed by atoms with Crippen molar-refractivity contribution in [3.63, 3.8) is 0 Å². The maximum absolute atomic E-state index is 5.82. The van der Waals surface area contributed by atoms with Crippen molar-refractivity contribution in [1.29, 1.82) is 0 Å². The second-order valence-electron chi connectivity index (χ2n) is 5.17. The van der Waals surface area contributed by atoms with Gasteiger partial charge in [0.1, 0.15) is 12.4 Å². The molecule has 0 spiro atoms. The molecule has 1 saturated carbocycles. The molecule has 1 aromatic heterocycles. The van der Waals surface area contributed by atoms with Crippen LogP contribution in [0.2, 0.25) is 0 Å². The fraction of sp³-hybridized carbons (Fsp3) is 0.733. The van der Waals surface area contributed by atoms with E-state index in [4.69, 9.17) is 9.15 Å². The van der Waals surface area contributed by atoms with Gasteiger partial charge in [-0.3, -0.25) is 0 Å². The summed E-state index contributed by atoms with van der Waals surface area (Å²) >= 11 is 0. The zero-order valence-electron chi connectivity index (χ0n) is 11.4. The molecule has 3 heteroatoms. The number of ether oxygens (including phenoxy) is 1. The molecule has 2 rings (SSSR count). The van der Waals surface area contributed by atoms with E-state index in [1.54, 1.807) is 6.26 Å². The lowest BCUT2D eigenvalue weighted by molar-refractivity contribution is 0.0631. The average molecular weight is 251 g/mol. The molecule has 1 aliphatic carbocycles. The third-order valence-corrected chi connectivity index (χ3v) is 3.71. The largest absolute Gasteiger partial charge is 0.467 e. The van der Waals surface area contributed by atoms with Crippen LogP contribution in [0.25, 0.3) is 0 Å². The van der Waals surface area contributed by atoms with E-state index in [1.165, 1.54) is 37.7 Å². The third kappa shape index (κ3) is 4.14. The highest BCUT2D eigenvalue weighted by Crippen LogP contribution is 2.24. The van der Waals surface area contributed by atoms with Crippen LogP contribution in [-0.2, 0) is 17.9 Å². The highest BCUT2D eigenvalue weighted by atomic mass is 16.5. The molecule has 1 fully saturated rings. The number of rotatable bonds is 7. The SMILES string of the molecule is CCNCc1ccoc1COCC1CCCCC1. The fourth-order valence-corrected chi connectivity index (χ4v) is 2.58. The Balaban J connectivity index is 1.70. The molecule has 0 bridgehead atoms. The summed E-state index contributed by atoms with van der Waals surface area (Å²) in [5, 5.41) is 3.32. The third-order valence-electron chi connectivity index (χ3n) is 3.71. The molecule has 1 aromatic rings. The van der Waals surface area contributed by atoms with Crippen LogP contribution in [-0.4, -0.2) is 13.2 Å². The summed E-state index contributed by atoms with van der Waals surface area (Å²) in [5.41, 5.74) is 1.22. The summed E-state index contributed by atoms with van der Waals surface area (Å²) < 4.78 is 11.3. The first-order chi connectivity index (χ1) is 8.90. The predicted octanol–water partition coefficient (Wildman–Crippen LogP) is 3.49. The highest BCUT2D eigenvalue weighted by molar-refractivity contribution is 5.16. The molecule has 0 aliphatic heterocycles. The van der Waals surface area contributed by atoms with Gasteiger partial charge in [0, 0.05) is 18.7 Å². The van der Waals surface area contributed by atoms with E-state index >= 15 is 0 Å². The Morgan fingerprint density at radius 3 is 2.94 bits per heavy atom. The highest BCUT2D eigenvalue weighted by Gasteiger charge is 2.14. The summed E-state index contributed by atoms with van der Waals surface area (Å²) in [4.78, 5) is 0. The lowest BCUT2D eigenvalue weighted by Gasteiger charge is -2.21. The first kappa shape index (κ1) is 13.6. The molecule has 1 aliphatic rings. The minimum atomic E-state index is 0.615. The molecule has 102 valence electrons. The fourth-order valence-electron chi connectivity index (χ4n) is 2.58. The normalized spacial score (nSPS) is 17.2. The van der Waals surface area contributed by atoms with Crippen molar-refractivity contribution < 1.29 is 9.15 Å². The van der Waals surface area contributed by atoms with E-state index in [-0.39, 0.29) is 0 Å². The van der Waals surface area contributed by atoms with Crippen molar-refractivity contribution in [2.75, 3.05) is 13.2 Å². The van der Waals surface area contributed by atoms with Crippen LogP contribution < -0.4 is 5.32 Å². The quantitative estimate of drug-likeness (QED) is 0.805. The summed E-state index contributed by atoms with van der Waals surface area (Å²) in [6.45, 7) is 5.47. The van der Waals surface area contributed by atoms with Gasteiger partial charge in [0.25, 0.3) is 0 Å². The topological polar surface area (TPSA) is 34.4 Å². The minimum Gasteiger partial charge on any atom is -0.467 e. The van der Waals surface area contributed by atoms with Crippen LogP contribution in [0, 0.1) is 5.92 Å². The van der Waals surface area contributed by atoms with Gasteiger partial charge in [-0.15, -0.1) is 0 Å². The average Bonchev–Trinajstić information content (AvgIpc) is 2.85. The molecular weight excluding hydrogens is 226 g/mol. The summed E-state index contributed by atoms with van der Waals surface area (Å²) in [5.74, 6) is 1.75. The number of furan rings is 1. The summed E-state index contributed by atoms with van der Waals surface area (Å²) in [6.07, 6.45) is 8.58. The molecule has 0 radical (unpaired) electrons. The zero-order chi connectivity index (χ0) is 12.6. The number of hydrogen-bond donors (Lipinski definition) is 1. The van der Waals surface area contributed by atoms with E-state index < -0.39 is 0 Å². The number of nitrogens with one attached hydrogen (secondary N) is 1. The Hall–Kier alpha value is -0.800. The van der Waals surface area contributed by atoms with Gasteiger partial charge in [0.05, 0.1) is 6.26 Å². The van der Waals surface area contributed by atoms with Crippen molar-refractivity contribution in [3.05, 3.63) is 23.7 Å². The Morgan fingerprint density at radius 2 is 2.17 bits per heavy atom. The van der Waals surface area contributed by atoms with Crippen LogP contribution in [0.4, 0.5) is 0 Å². The Labute approximate surface area is 110 Å². The molecular formula is C15H25NO2. The van der Waals surface area contributed by atoms with Crippen molar-refractivity contribution in [3.8, 4) is 0 Å². The number of hydrogen-bond acceptors (Lipinski definition) is 3. The lowest BCUT2D eigenvalue weighted by atomic mass is 9.90. The Morgan fingerprint density at radius 1 is 1.33 bits per heavy atom. The molecule has 1 heterocycles. The minimum absolute atomic E-state index is 0.615. The summed E-state index contributed by atoms with van der Waals surface area (Å²) in [7, 11) is 0. The van der Waals surface area contributed by atoms with Crippen LogP contribution in [0.5, 0.6) is 0 Å². The molecule has 0 atom stereocenters. The van der Waals surface area contributed by atoms with Crippen molar-refractivity contribution in [1.82, 2.24) is 5.32 Å². The molecule has 3 nitrogen and oxygen atoms in total. The van der Waals surface area contributed by atoms with Crippen LogP contribution in [0.15, 0.2) is 16.7 Å². The van der Waals surface area contributed by atoms with E-state index in [0.717, 1.165) is 31.4 Å². The zero-order valence-corrected chi connectivity index (χ0v) is 11.4. The van der Waals surface area contributed by atoms with Gasteiger partial charge in [-0.05, 0) is 31.4 Å². The molecule has 0 saturated heterocycles. The lowest BCUT2D eigenvalue weighted by Crippen LogP contribution is -2.15. The van der Waals surface area contributed by atoms with Crippen LogP contribution in [0.1, 0.15) is 50.4 Å². The van der Waals surface area contributed by atoms with Crippen molar-refractivity contribution in [2.24, 2.45) is 5.92 Å². The first-order valence-corrected chi connectivity index (χ1v) is 7.24. The first-order valence-electron chi connectivity index (χ1n) is 7.24. The van der Waals surface area contributed by atoms with Crippen molar-refractivity contribution >= 4 is 0 Å². The smallest absolute Gasteiger partial charge is 0.133 e. The Kier molecular flexibility index (Phi) is 5.75. The second-order valence-corrected chi connectivity index (χ2v) is 5.17. The van der Waals surface area contributed by atoms with Gasteiger partial charge in [0.15, 0.2) is 0 Å². The van der Waals surface area contributed by atoms with Gasteiger partial charge in [-0.1, -0.05) is 26.2 Å². The van der Waals surface area contributed by atoms with Gasteiger partial charge in [-0.2, -0.15) is 0 Å². The molecule has 0 unspecified atom stereocenters. The summed E-state index contributed by atoms with van der Waals surface area (Å²) in [6, 6.07) is 2.03. The second kappa shape index (κ2) is 7.59. The van der Waals surface area contributed by atoms with Gasteiger partial charge >= 0.3 is 0 Å². The predicted molar refractivity (Wildman–Crippen MR) is 72.3 cm³/mol. The monoisotopic (exact) mass is 251 g/mol. The van der Waals surface area contributed by atoms with Gasteiger partial charge in [-0.25, -0.2) is 0 Å². The maximum Gasteiger partial charge on any atom is 0.133 e. The van der Waals surface area contributed by atoms with Gasteiger partial charge < -0.3 is 14.5 Å². The van der Waals surface area contributed by atoms with Gasteiger partial charge in [0.2, 0.25) is 0 Å². The molecule has 18 heavy (non-hydrogen) atoms. The standard InChI is InChI=1S/C15H25NO2/c1-2-16-10-14-8-9-18-15(14)12-17-11-13-6-4-3-5-7-13/h8-9,13,16H,2-7,10-12H2,1H3. The van der Waals surface area contributed by atoms with Crippen molar-refractivity contribution in [2.45, 2.75) is 52.2 Å². The van der Waals surface area contributed by atoms with E-state index in [9.17, 15) is 0 Å². The maximum atomic E-state index is 5.82. The van der Waals surface area contributed by atoms with E-state index in [2.05, 4.69) is 12.2 Å². The van der Waals surface area contributed by atoms with E-state index in [1.807, 2.05) is 6.07 Å². The van der Waals surface area contributed by atoms with Crippen LogP contribution in [0.3, 0.4) is 0 Å². The van der Waals surface area contributed by atoms with E-state index in [0.29, 0.717) is 6.61 Å². The Bertz CT molecular complexity index is 329.